The van der Waals surface area contributed by atoms with Gasteiger partial charge in [0.1, 0.15) is 11.9 Å². The quantitative estimate of drug-likeness (QED) is 0.352. The van der Waals surface area contributed by atoms with Crippen LogP contribution in [-0.4, -0.2) is 51.0 Å². The number of carbonyl (C=O) groups excluding carboxylic acids is 2. The number of piperazine rings is 1. The molecule has 0 aliphatic carbocycles. The Bertz CT molecular complexity index is 1550. The summed E-state index contributed by atoms with van der Waals surface area (Å²) >= 11 is 0. The van der Waals surface area contributed by atoms with E-state index in [1.54, 1.807) is 90.0 Å². The van der Waals surface area contributed by atoms with Crippen molar-refractivity contribution >= 4 is 38.9 Å². The second-order valence-corrected chi connectivity index (χ2v) is 11.0. The first kappa shape index (κ1) is 24.3. The van der Waals surface area contributed by atoms with Crippen LogP contribution < -0.4 is 20.9 Å². The van der Waals surface area contributed by atoms with E-state index in [0.717, 1.165) is 0 Å². The Morgan fingerprint density at radius 2 is 1.73 bits per heavy atom. The molecule has 2 atom stereocenters. The van der Waals surface area contributed by atoms with E-state index in [1.807, 2.05) is 0 Å². The predicted molar refractivity (Wildman–Crippen MR) is 142 cm³/mol. The molecule has 0 aromatic heterocycles. The van der Waals surface area contributed by atoms with Crippen LogP contribution in [0.5, 0.6) is 0 Å². The van der Waals surface area contributed by atoms with E-state index >= 15 is 0 Å². The Morgan fingerprint density at radius 1 is 1.00 bits per heavy atom. The SMILES string of the molecule is CS(=O)(=O)c1ccccc1-c1ccc(N2C=CC3NC(=O)CN(c4cccc(C(=N)N)c4)C3C2=O)cc1. The number of nitrogens with zero attached hydrogens (tertiary/aromatic N) is 2. The Hall–Kier alpha value is -4.44. The van der Waals surface area contributed by atoms with E-state index < -0.39 is 21.9 Å². The second kappa shape index (κ2) is 9.21. The fourth-order valence-electron chi connectivity index (χ4n) is 4.74. The third kappa shape index (κ3) is 4.58. The van der Waals surface area contributed by atoms with E-state index in [0.29, 0.717) is 28.1 Å². The van der Waals surface area contributed by atoms with Crippen molar-refractivity contribution in [3.63, 3.8) is 0 Å². The van der Waals surface area contributed by atoms with E-state index in [2.05, 4.69) is 5.32 Å². The molecule has 2 unspecified atom stereocenters. The number of amidine groups is 1. The van der Waals surface area contributed by atoms with Crippen molar-refractivity contribution in [2.24, 2.45) is 5.73 Å². The van der Waals surface area contributed by atoms with Gasteiger partial charge in [0.2, 0.25) is 5.91 Å². The number of fused-ring (bicyclic) bond motifs is 1. The molecule has 2 aliphatic heterocycles. The number of sulfone groups is 1. The molecule has 2 heterocycles. The third-order valence-corrected chi connectivity index (χ3v) is 7.64. The van der Waals surface area contributed by atoms with E-state index in [-0.39, 0.29) is 29.1 Å². The van der Waals surface area contributed by atoms with Crippen LogP contribution in [0.25, 0.3) is 11.1 Å². The van der Waals surface area contributed by atoms with Gasteiger partial charge in [-0.3, -0.25) is 19.9 Å². The Labute approximate surface area is 214 Å². The fourth-order valence-corrected chi connectivity index (χ4v) is 5.65. The standard InChI is InChI=1S/C27H25N5O4S/c1-37(35,36)23-8-3-2-7-21(23)17-9-11-19(12-10-17)31-14-13-22-25(27(31)34)32(16-24(33)30-22)20-6-4-5-18(15-20)26(28)29/h2-15,22,25H,16H2,1H3,(H3,28,29)(H,30,33). The summed E-state index contributed by atoms with van der Waals surface area (Å²) in [6.45, 7) is -0.0167. The number of anilines is 2. The van der Waals surface area contributed by atoms with Crippen molar-refractivity contribution in [2.75, 3.05) is 22.6 Å². The van der Waals surface area contributed by atoms with Crippen LogP contribution in [0.3, 0.4) is 0 Å². The van der Waals surface area contributed by atoms with Crippen LogP contribution in [0.4, 0.5) is 11.4 Å². The lowest BCUT2D eigenvalue weighted by atomic mass is 9.96. The van der Waals surface area contributed by atoms with Gasteiger partial charge in [-0.25, -0.2) is 8.42 Å². The molecule has 3 aromatic rings. The zero-order valence-corrected chi connectivity index (χ0v) is 20.8. The zero-order chi connectivity index (χ0) is 26.3. The Kier molecular flexibility index (Phi) is 6.04. The minimum absolute atomic E-state index is 0.0167. The minimum atomic E-state index is -3.42. The van der Waals surface area contributed by atoms with Crippen LogP contribution >= 0.6 is 0 Å². The summed E-state index contributed by atoms with van der Waals surface area (Å²) in [5.41, 5.74) is 8.67. The van der Waals surface area contributed by atoms with E-state index in [1.165, 1.54) is 11.2 Å². The molecule has 0 radical (unpaired) electrons. The maximum Gasteiger partial charge on any atom is 0.256 e. The molecule has 2 amide bonds. The van der Waals surface area contributed by atoms with Crippen molar-refractivity contribution in [3.8, 4) is 11.1 Å². The summed E-state index contributed by atoms with van der Waals surface area (Å²) in [7, 11) is -3.42. The monoisotopic (exact) mass is 515 g/mol. The van der Waals surface area contributed by atoms with Crippen LogP contribution in [0.2, 0.25) is 0 Å². The minimum Gasteiger partial charge on any atom is -0.384 e. The first-order valence-electron chi connectivity index (χ1n) is 11.5. The molecule has 4 N–H and O–H groups in total. The number of amides is 2. The largest absolute Gasteiger partial charge is 0.384 e. The number of nitrogen functional groups attached to an aromatic ring is 1. The number of hydrogen-bond acceptors (Lipinski definition) is 6. The van der Waals surface area contributed by atoms with Crippen LogP contribution in [0.15, 0.2) is 90.0 Å². The third-order valence-electron chi connectivity index (χ3n) is 6.48. The first-order chi connectivity index (χ1) is 17.6. The van der Waals surface area contributed by atoms with E-state index in [9.17, 15) is 18.0 Å². The topological polar surface area (TPSA) is 137 Å². The molecule has 0 spiro atoms. The van der Waals surface area contributed by atoms with Gasteiger partial charge in [-0.05, 0) is 42.0 Å². The normalized spacial score (nSPS) is 19.4. The molecular formula is C27H25N5O4S. The number of rotatable bonds is 5. The van der Waals surface area contributed by atoms with Crippen LogP contribution in [0, 0.1) is 5.41 Å². The van der Waals surface area contributed by atoms with Gasteiger partial charge < -0.3 is 16.0 Å². The lowest BCUT2D eigenvalue weighted by Crippen LogP contribution is -2.66. The lowest BCUT2D eigenvalue weighted by molar-refractivity contribution is -0.124. The smallest absolute Gasteiger partial charge is 0.256 e. The van der Waals surface area contributed by atoms with Crippen molar-refractivity contribution in [3.05, 3.63) is 90.6 Å². The van der Waals surface area contributed by atoms with Crippen molar-refractivity contribution in [1.82, 2.24) is 5.32 Å². The van der Waals surface area contributed by atoms with Crippen molar-refractivity contribution in [1.29, 1.82) is 5.41 Å². The molecule has 3 aromatic carbocycles. The molecule has 1 fully saturated rings. The summed E-state index contributed by atoms with van der Waals surface area (Å²) in [5, 5.41) is 10.6. The second-order valence-electron chi connectivity index (χ2n) is 8.99. The first-order valence-corrected chi connectivity index (χ1v) is 13.4. The van der Waals surface area contributed by atoms with Crippen molar-refractivity contribution in [2.45, 2.75) is 17.0 Å². The number of hydrogen-bond donors (Lipinski definition) is 3. The molecule has 2 aliphatic rings. The predicted octanol–water partition coefficient (Wildman–Crippen LogP) is 2.28. The summed E-state index contributed by atoms with van der Waals surface area (Å²) in [5.74, 6) is -0.548. The summed E-state index contributed by atoms with van der Waals surface area (Å²) < 4.78 is 24.5. The molecule has 9 nitrogen and oxygen atoms in total. The summed E-state index contributed by atoms with van der Waals surface area (Å²) in [6, 6.07) is 19.6. The summed E-state index contributed by atoms with van der Waals surface area (Å²) in [4.78, 5) is 29.7. The number of nitrogens with one attached hydrogen (secondary N) is 2. The molecular weight excluding hydrogens is 490 g/mol. The molecule has 0 saturated carbocycles. The van der Waals surface area contributed by atoms with Gasteiger partial charge in [0, 0.05) is 35.0 Å². The van der Waals surface area contributed by atoms with Gasteiger partial charge in [-0.1, -0.05) is 42.5 Å². The van der Waals surface area contributed by atoms with E-state index in [4.69, 9.17) is 11.1 Å². The van der Waals surface area contributed by atoms with Gasteiger partial charge in [-0.15, -0.1) is 0 Å². The fraction of sp³-hybridized carbons (Fsp3) is 0.148. The van der Waals surface area contributed by atoms with Gasteiger partial charge in [0.25, 0.3) is 5.91 Å². The number of benzene rings is 3. The highest BCUT2D eigenvalue weighted by molar-refractivity contribution is 7.90. The average Bonchev–Trinajstić information content (AvgIpc) is 2.88. The molecule has 37 heavy (non-hydrogen) atoms. The maximum absolute atomic E-state index is 13.7. The molecule has 188 valence electrons. The van der Waals surface area contributed by atoms with Gasteiger partial charge in [0.05, 0.1) is 17.5 Å². The van der Waals surface area contributed by atoms with Crippen LogP contribution in [-0.2, 0) is 19.4 Å². The highest BCUT2D eigenvalue weighted by Crippen LogP contribution is 2.32. The van der Waals surface area contributed by atoms with Gasteiger partial charge >= 0.3 is 0 Å². The Morgan fingerprint density at radius 3 is 2.43 bits per heavy atom. The Balaban J connectivity index is 1.48. The highest BCUT2D eigenvalue weighted by Gasteiger charge is 2.43. The maximum atomic E-state index is 13.7. The lowest BCUT2D eigenvalue weighted by Gasteiger charge is -2.44. The van der Waals surface area contributed by atoms with Gasteiger partial charge in [0.15, 0.2) is 9.84 Å². The average molecular weight is 516 g/mol. The number of nitrogens with two attached hydrogens (primary N) is 1. The van der Waals surface area contributed by atoms with Gasteiger partial charge in [-0.2, -0.15) is 0 Å². The highest BCUT2D eigenvalue weighted by atomic mass is 32.2. The summed E-state index contributed by atoms with van der Waals surface area (Å²) in [6.07, 6.45) is 4.59. The zero-order valence-electron chi connectivity index (χ0n) is 20.0. The molecule has 1 saturated heterocycles. The van der Waals surface area contributed by atoms with Crippen molar-refractivity contribution < 1.29 is 18.0 Å². The molecule has 0 bridgehead atoms. The molecule has 5 rings (SSSR count). The number of carbonyl (C=O) groups is 2. The molecule has 10 heteroatoms. The van der Waals surface area contributed by atoms with Crippen LogP contribution in [0.1, 0.15) is 5.56 Å².